The molecule has 0 aliphatic rings. The first kappa shape index (κ1) is 20.7. The van der Waals surface area contributed by atoms with E-state index in [9.17, 15) is 0 Å². The standard InChI is InChI=1S/C24H28N6O/c1-17(2)30-16-27-21-22(26-15-19-9-11-20(31-3)12-10-19)28-24(29-23(21)30)25-14-13-18-7-5-4-6-8-18/h4-12,16-17H,13-15H2,1-3H3,(H2,25,26,28,29). The summed E-state index contributed by atoms with van der Waals surface area (Å²) in [6.07, 6.45) is 2.73. The van der Waals surface area contributed by atoms with Crippen LogP contribution in [0.4, 0.5) is 11.8 Å². The van der Waals surface area contributed by atoms with Gasteiger partial charge in [0.05, 0.1) is 13.4 Å². The van der Waals surface area contributed by atoms with E-state index < -0.39 is 0 Å². The minimum Gasteiger partial charge on any atom is -0.497 e. The smallest absolute Gasteiger partial charge is 0.226 e. The molecule has 0 aliphatic carbocycles. The lowest BCUT2D eigenvalue weighted by molar-refractivity contribution is 0.414. The Labute approximate surface area is 182 Å². The van der Waals surface area contributed by atoms with Crippen molar-refractivity contribution in [1.82, 2.24) is 19.5 Å². The molecule has 160 valence electrons. The van der Waals surface area contributed by atoms with Crippen molar-refractivity contribution in [2.24, 2.45) is 0 Å². The molecule has 2 N–H and O–H groups in total. The minimum atomic E-state index is 0.256. The first-order chi connectivity index (χ1) is 15.1. The summed E-state index contributed by atoms with van der Waals surface area (Å²) in [7, 11) is 1.67. The fraction of sp³-hybridized carbons (Fsp3) is 0.292. The monoisotopic (exact) mass is 416 g/mol. The summed E-state index contributed by atoms with van der Waals surface area (Å²) in [6, 6.07) is 18.6. The fourth-order valence-corrected chi connectivity index (χ4v) is 3.39. The number of rotatable bonds is 9. The van der Waals surface area contributed by atoms with Gasteiger partial charge in [-0.2, -0.15) is 9.97 Å². The average Bonchev–Trinajstić information content (AvgIpc) is 3.23. The molecule has 0 aliphatic heterocycles. The van der Waals surface area contributed by atoms with Gasteiger partial charge in [-0.1, -0.05) is 42.5 Å². The van der Waals surface area contributed by atoms with Gasteiger partial charge in [0.25, 0.3) is 0 Å². The third kappa shape index (κ3) is 4.94. The second-order valence-electron chi connectivity index (χ2n) is 7.68. The molecule has 2 heterocycles. The second kappa shape index (κ2) is 9.47. The van der Waals surface area contributed by atoms with E-state index in [1.54, 1.807) is 7.11 Å². The minimum absolute atomic E-state index is 0.256. The molecule has 0 bridgehead atoms. The Kier molecular flexibility index (Phi) is 6.31. The Balaban J connectivity index is 1.55. The van der Waals surface area contributed by atoms with Crippen LogP contribution >= 0.6 is 0 Å². The fourth-order valence-electron chi connectivity index (χ4n) is 3.39. The molecular formula is C24H28N6O. The highest BCUT2D eigenvalue weighted by molar-refractivity contribution is 5.84. The van der Waals surface area contributed by atoms with E-state index in [1.165, 1.54) is 5.56 Å². The third-order valence-electron chi connectivity index (χ3n) is 5.14. The molecule has 0 unspecified atom stereocenters. The van der Waals surface area contributed by atoms with E-state index in [4.69, 9.17) is 14.7 Å². The molecule has 0 amide bonds. The molecule has 4 rings (SSSR count). The van der Waals surface area contributed by atoms with Gasteiger partial charge in [-0.15, -0.1) is 0 Å². The lowest BCUT2D eigenvalue weighted by atomic mass is 10.1. The van der Waals surface area contributed by atoms with Crippen LogP contribution in [-0.4, -0.2) is 33.2 Å². The van der Waals surface area contributed by atoms with Crippen molar-refractivity contribution in [2.75, 3.05) is 24.3 Å². The molecular weight excluding hydrogens is 388 g/mol. The number of methoxy groups -OCH3 is 1. The molecule has 2 aromatic carbocycles. The highest BCUT2D eigenvalue weighted by Gasteiger charge is 2.15. The number of hydrogen-bond acceptors (Lipinski definition) is 6. The first-order valence-electron chi connectivity index (χ1n) is 10.5. The Hall–Kier alpha value is -3.61. The zero-order valence-corrected chi connectivity index (χ0v) is 18.2. The van der Waals surface area contributed by atoms with Gasteiger partial charge in [-0.25, -0.2) is 4.98 Å². The highest BCUT2D eigenvalue weighted by atomic mass is 16.5. The maximum atomic E-state index is 5.24. The number of aromatic nitrogens is 4. The van der Waals surface area contributed by atoms with Crippen molar-refractivity contribution in [3.05, 3.63) is 72.1 Å². The van der Waals surface area contributed by atoms with Gasteiger partial charge in [0.2, 0.25) is 5.95 Å². The van der Waals surface area contributed by atoms with Crippen LogP contribution in [0.1, 0.15) is 31.0 Å². The van der Waals surface area contributed by atoms with E-state index >= 15 is 0 Å². The molecule has 0 spiro atoms. The summed E-state index contributed by atoms with van der Waals surface area (Å²) in [5, 5.41) is 6.81. The molecule has 31 heavy (non-hydrogen) atoms. The van der Waals surface area contributed by atoms with Crippen LogP contribution in [0.25, 0.3) is 11.2 Å². The summed E-state index contributed by atoms with van der Waals surface area (Å²) >= 11 is 0. The summed E-state index contributed by atoms with van der Waals surface area (Å²) in [4.78, 5) is 14.0. The Morgan fingerprint density at radius 3 is 2.42 bits per heavy atom. The van der Waals surface area contributed by atoms with Crippen molar-refractivity contribution < 1.29 is 4.74 Å². The summed E-state index contributed by atoms with van der Waals surface area (Å²) in [6.45, 7) is 5.63. The number of anilines is 2. The second-order valence-corrected chi connectivity index (χ2v) is 7.68. The zero-order valence-electron chi connectivity index (χ0n) is 18.2. The van der Waals surface area contributed by atoms with E-state index in [-0.39, 0.29) is 6.04 Å². The number of nitrogens with zero attached hydrogens (tertiary/aromatic N) is 4. The largest absolute Gasteiger partial charge is 0.497 e. The van der Waals surface area contributed by atoms with Crippen molar-refractivity contribution in [1.29, 1.82) is 0 Å². The SMILES string of the molecule is COc1ccc(CNc2nc(NCCc3ccccc3)nc3c2ncn3C(C)C)cc1. The third-order valence-corrected chi connectivity index (χ3v) is 5.14. The quantitative estimate of drug-likeness (QED) is 0.412. The Bertz CT molecular complexity index is 1120. The molecule has 7 heteroatoms. The lowest BCUT2D eigenvalue weighted by Crippen LogP contribution is -2.11. The Morgan fingerprint density at radius 1 is 0.935 bits per heavy atom. The average molecular weight is 417 g/mol. The molecule has 0 radical (unpaired) electrons. The van der Waals surface area contributed by atoms with Crippen LogP contribution in [0.3, 0.4) is 0 Å². The van der Waals surface area contributed by atoms with Gasteiger partial charge in [-0.05, 0) is 43.5 Å². The van der Waals surface area contributed by atoms with Crippen molar-refractivity contribution in [3.63, 3.8) is 0 Å². The maximum Gasteiger partial charge on any atom is 0.226 e. The number of imidazole rings is 1. The first-order valence-corrected chi connectivity index (χ1v) is 10.5. The summed E-state index contributed by atoms with van der Waals surface area (Å²) < 4.78 is 7.31. The number of nitrogens with one attached hydrogen (secondary N) is 2. The molecule has 0 atom stereocenters. The molecule has 4 aromatic rings. The number of hydrogen-bond donors (Lipinski definition) is 2. The van der Waals surface area contributed by atoms with Crippen molar-refractivity contribution >= 4 is 22.9 Å². The van der Waals surface area contributed by atoms with E-state index in [1.807, 2.05) is 36.7 Å². The molecule has 0 fully saturated rings. The Morgan fingerprint density at radius 2 is 1.71 bits per heavy atom. The van der Waals surface area contributed by atoms with Crippen molar-refractivity contribution in [3.8, 4) is 5.75 Å². The summed E-state index contributed by atoms with van der Waals surface area (Å²) in [5.41, 5.74) is 4.01. The van der Waals surface area contributed by atoms with Gasteiger partial charge in [0.15, 0.2) is 17.0 Å². The lowest BCUT2D eigenvalue weighted by Gasteiger charge is -2.12. The van der Waals surface area contributed by atoms with Crippen LogP contribution < -0.4 is 15.4 Å². The molecule has 7 nitrogen and oxygen atoms in total. The van der Waals surface area contributed by atoms with Gasteiger partial charge in [0.1, 0.15) is 5.75 Å². The van der Waals surface area contributed by atoms with E-state index in [0.29, 0.717) is 12.5 Å². The van der Waals surface area contributed by atoms with E-state index in [2.05, 4.69) is 58.3 Å². The van der Waals surface area contributed by atoms with Crippen LogP contribution in [0.15, 0.2) is 60.9 Å². The van der Waals surface area contributed by atoms with Gasteiger partial charge in [0, 0.05) is 19.1 Å². The summed E-state index contributed by atoms with van der Waals surface area (Å²) in [5.74, 6) is 2.17. The highest BCUT2D eigenvalue weighted by Crippen LogP contribution is 2.24. The van der Waals surface area contributed by atoms with Crippen LogP contribution in [0, 0.1) is 0 Å². The predicted molar refractivity (Wildman–Crippen MR) is 125 cm³/mol. The van der Waals surface area contributed by atoms with Crippen molar-refractivity contribution in [2.45, 2.75) is 32.9 Å². The normalized spacial score (nSPS) is 11.1. The number of benzene rings is 2. The molecule has 0 saturated heterocycles. The molecule has 0 saturated carbocycles. The predicted octanol–water partition coefficient (Wildman–Crippen LogP) is 4.68. The zero-order chi connectivity index (χ0) is 21.6. The van der Waals surface area contributed by atoms with E-state index in [0.717, 1.165) is 41.3 Å². The van der Waals surface area contributed by atoms with Crippen LogP contribution in [0.2, 0.25) is 0 Å². The van der Waals surface area contributed by atoms with Gasteiger partial charge >= 0.3 is 0 Å². The number of ether oxygens (including phenoxy) is 1. The maximum absolute atomic E-state index is 5.24. The van der Waals surface area contributed by atoms with Gasteiger partial charge < -0.3 is 19.9 Å². The van der Waals surface area contributed by atoms with Gasteiger partial charge in [-0.3, -0.25) is 0 Å². The van der Waals surface area contributed by atoms with Crippen LogP contribution in [0.5, 0.6) is 5.75 Å². The number of fused-ring (bicyclic) bond motifs is 1. The topological polar surface area (TPSA) is 76.9 Å². The molecule has 2 aromatic heterocycles. The van der Waals surface area contributed by atoms with Crippen LogP contribution in [-0.2, 0) is 13.0 Å².